The summed E-state index contributed by atoms with van der Waals surface area (Å²) in [6.07, 6.45) is 2.32. The molecule has 2 aromatic carbocycles. The molecule has 162 valence electrons. The summed E-state index contributed by atoms with van der Waals surface area (Å²) in [7, 11) is 0. The Balaban J connectivity index is 1.46. The molecule has 1 fully saturated rings. The molecule has 0 bridgehead atoms. The number of carbonyl (C=O) groups excluding carboxylic acids is 1. The lowest BCUT2D eigenvalue weighted by Crippen LogP contribution is -2.32. The number of pyridine rings is 1. The van der Waals surface area contributed by atoms with Crippen LogP contribution < -0.4 is 5.69 Å². The lowest BCUT2D eigenvalue weighted by molar-refractivity contribution is 0.0787. The fraction of sp³-hybridized carbons (Fsp3) is 0.240. The van der Waals surface area contributed by atoms with E-state index in [2.05, 4.69) is 4.98 Å². The van der Waals surface area contributed by atoms with Crippen molar-refractivity contribution in [3.63, 3.8) is 0 Å². The standard InChI is InChI=1S/C25H23FN4O2/c1-17-9-10-19(14-21(17)26)24(31)28-13-11-20(16-28)30-23-22(8-5-12-27-23)29(25(30)32)15-18-6-3-2-4-7-18/h2-10,12,14,20H,11,13,15-16H2,1H3/t20-/m1/s1. The second-order valence-corrected chi connectivity index (χ2v) is 8.23. The van der Waals surface area contributed by atoms with Crippen molar-refractivity contribution < 1.29 is 9.18 Å². The molecule has 1 aliphatic rings. The van der Waals surface area contributed by atoms with E-state index in [0.717, 1.165) is 11.1 Å². The van der Waals surface area contributed by atoms with Gasteiger partial charge in [-0.1, -0.05) is 36.4 Å². The molecular weight excluding hydrogens is 407 g/mol. The first kappa shape index (κ1) is 20.2. The first-order valence-electron chi connectivity index (χ1n) is 10.7. The lowest BCUT2D eigenvalue weighted by atomic mass is 10.1. The number of rotatable bonds is 4. The van der Waals surface area contributed by atoms with Crippen molar-refractivity contribution in [2.24, 2.45) is 0 Å². The van der Waals surface area contributed by atoms with Crippen molar-refractivity contribution in [1.82, 2.24) is 19.0 Å². The zero-order chi connectivity index (χ0) is 22.2. The number of nitrogens with zero attached hydrogens (tertiary/aromatic N) is 4. The first-order valence-corrected chi connectivity index (χ1v) is 10.7. The van der Waals surface area contributed by atoms with Crippen LogP contribution >= 0.6 is 0 Å². The van der Waals surface area contributed by atoms with E-state index in [0.29, 0.717) is 42.8 Å². The summed E-state index contributed by atoms with van der Waals surface area (Å²) in [6.45, 7) is 3.01. The van der Waals surface area contributed by atoms with Gasteiger partial charge in [-0.3, -0.25) is 13.9 Å². The normalized spacial score (nSPS) is 16.1. The van der Waals surface area contributed by atoms with Gasteiger partial charge in [0.1, 0.15) is 5.82 Å². The topological polar surface area (TPSA) is 60.1 Å². The Morgan fingerprint density at radius 1 is 1.12 bits per heavy atom. The van der Waals surface area contributed by atoms with Gasteiger partial charge >= 0.3 is 5.69 Å². The minimum absolute atomic E-state index is 0.136. The van der Waals surface area contributed by atoms with Crippen molar-refractivity contribution >= 4 is 17.1 Å². The number of hydrogen-bond acceptors (Lipinski definition) is 3. The Kier molecular flexibility index (Phi) is 5.09. The maximum atomic E-state index is 14.0. The van der Waals surface area contributed by atoms with Crippen LogP contribution in [-0.2, 0) is 6.54 Å². The van der Waals surface area contributed by atoms with Gasteiger partial charge in [-0.15, -0.1) is 0 Å². The van der Waals surface area contributed by atoms with Gasteiger partial charge in [0, 0.05) is 24.8 Å². The van der Waals surface area contributed by atoms with E-state index < -0.39 is 5.82 Å². The van der Waals surface area contributed by atoms with E-state index in [1.54, 1.807) is 39.3 Å². The minimum Gasteiger partial charge on any atom is -0.336 e. The Hall–Kier alpha value is -3.74. The van der Waals surface area contributed by atoms with Gasteiger partial charge in [0.05, 0.1) is 18.1 Å². The average Bonchev–Trinajstić information content (AvgIpc) is 3.39. The minimum atomic E-state index is -0.393. The molecule has 0 spiro atoms. The van der Waals surface area contributed by atoms with Gasteiger partial charge in [0.25, 0.3) is 5.91 Å². The summed E-state index contributed by atoms with van der Waals surface area (Å²) in [5, 5.41) is 0. The number of carbonyl (C=O) groups is 1. The number of imidazole rings is 1. The maximum absolute atomic E-state index is 14.0. The molecule has 3 heterocycles. The molecular formula is C25H23FN4O2. The number of hydrogen-bond donors (Lipinski definition) is 0. The van der Waals surface area contributed by atoms with Crippen LogP contribution in [0, 0.1) is 12.7 Å². The first-order chi connectivity index (χ1) is 15.5. The van der Waals surface area contributed by atoms with Gasteiger partial charge in [-0.05, 0) is 48.7 Å². The van der Waals surface area contributed by atoms with Crippen LogP contribution in [0.3, 0.4) is 0 Å². The number of likely N-dealkylation sites (tertiary alicyclic amines) is 1. The zero-order valence-electron chi connectivity index (χ0n) is 17.7. The van der Waals surface area contributed by atoms with Gasteiger partial charge in [0.15, 0.2) is 5.65 Å². The van der Waals surface area contributed by atoms with Crippen LogP contribution in [0.15, 0.2) is 71.7 Å². The third-order valence-corrected chi connectivity index (χ3v) is 6.14. The van der Waals surface area contributed by atoms with Crippen molar-refractivity contribution in [1.29, 1.82) is 0 Å². The van der Waals surface area contributed by atoms with Crippen molar-refractivity contribution in [3.8, 4) is 0 Å². The number of aryl methyl sites for hydroxylation is 1. The van der Waals surface area contributed by atoms with Crippen molar-refractivity contribution in [2.75, 3.05) is 13.1 Å². The van der Waals surface area contributed by atoms with Crippen LogP contribution in [0.1, 0.15) is 33.9 Å². The van der Waals surface area contributed by atoms with Gasteiger partial charge in [0.2, 0.25) is 0 Å². The quantitative estimate of drug-likeness (QED) is 0.495. The molecule has 6 nitrogen and oxygen atoms in total. The molecule has 0 unspecified atom stereocenters. The average molecular weight is 430 g/mol. The Morgan fingerprint density at radius 3 is 2.72 bits per heavy atom. The predicted molar refractivity (Wildman–Crippen MR) is 120 cm³/mol. The molecule has 1 aliphatic heterocycles. The van der Waals surface area contributed by atoms with Crippen molar-refractivity contribution in [2.45, 2.75) is 25.9 Å². The molecule has 0 aliphatic carbocycles. The zero-order valence-corrected chi connectivity index (χ0v) is 17.7. The number of fused-ring (bicyclic) bond motifs is 1. The second kappa shape index (κ2) is 8.07. The molecule has 4 aromatic rings. The van der Waals surface area contributed by atoms with E-state index >= 15 is 0 Å². The SMILES string of the molecule is Cc1ccc(C(=O)N2CC[C@@H](n3c(=O)n(Cc4ccccc4)c4cccnc43)C2)cc1F. The van der Waals surface area contributed by atoms with E-state index in [1.807, 2.05) is 42.5 Å². The molecule has 0 radical (unpaired) electrons. The van der Waals surface area contributed by atoms with E-state index in [4.69, 9.17) is 0 Å². The summed E-state index contributed by atoms with van der Waals surface area (Å²) in [4.78, 5) is 32.5. The molecule has 0 saturated carbocycles. The number of halogens is 1. The Bertz CT molecular complexity index is 1360. The largest absolute Gasteiger partial charge is 0.336 e. The van der Waals surface area contributed by atoms with E-state index in [-0.39, 0.29) is 17.6 Å². The molecule has 2 aromatic heterocycles. The summed E-state index contributed by atoms with van der Waals surface area (Å²) >= 11 is 0. The summed E-state index contributed by atoms with van der Waals surface area (Å²) in [5.74, 6) is -0.614. The monoisotopic (exact) mass is 430 g/mol. The van der Waals surface area contributed by atoms with Gasteiger partial charge in [-0.25, -0.2) is 14.2 Å². The lowest BCUT2D eigenvalue weighted by Gasteiger charge is -2.17. The molecule has 5 rings (SSSR count). The third-order valence-electron chi connectivity index (χ3n) is 6.14. The Morgan fingerprint density at radius 2 is 1.94 bits per heavy atom. The van der Waals surface area contributed by atoms with Crippen LogP contribution in [0.2, 0.25) is 0 Å². The summed E-state index contributed by atoms with van der Waals surface area (Å²) in [6, 6.07) is 17.9. The highest BCUT2D eigenvalue weighted by molar-refractivity contribution is 5.94. The Labute approximate surface area is 184 Å². The van der Waals surface area contributed by atoms with Crippen LogP contribution in [-0.4, -0.2) is 38.0 Å². The molecule has 1 atom stereocenters. The summed E-state index contributed by atoms with van der Waals surface area (Å²) < 4.78 is 17.4. The van der Waals surface area contributed by atoms with E-state index in [1.165, 1.54) is 6.07 Å². The second-order valence-electron chi connectivity index (χ2n) is 8.23. The van der Waals surface area contributed by atoms with E-state index in [9.17, 15) is 14.0 Å². The van der Waals surface area contributed by atoms with Crippen LogP contribution in [0.4, 0.5) is 4.39 Å². The number of amides is 1. The van der Waals surface area contributed by atoms with Gasteiger partial charge in [-0.2, -0.15) is 0 Å². The third kappa shape index (κ3) is 3.49. The maximum Gasteiger partial charge on any atom is 0.330 e. The number of aromatic nitrogens is 3. The number of benzene rings is 2. The van der Waals surface area contributed by atoms with Crippen molar-refractivity contribution in [3.05, 3.63) is 99.9 Å². The molecule has 1 saturated heterocycles. The molecule has 7 heteroatoms. The molecule has 1 amide bonds. The molecule has 0 N–H and O–H groups in total. The summed E-state index contributed by atoms with van der Waals surface area (Å²) in [5.41, 5.74) is 3.11. The molecule has 32 heavy (non-hydrogen) atoms. The van der Waals surface area contributed by atoms with Gasteiger partial charge < -0.3 is 4.90 Å². The highest BCUT2D eigenvalue weighted by atomic mass is 19.1. The smallest absolute Gasteiger partial charge is 0.330 e. The fourth-order valence-electron chi connectivity index (χ4n) is 4.40. The fourth-order valence-corrected chi connectivity index (χ4v) is 4.40. The highest BCUT2D eigenvalue weighted by Gasteiger charge is 2.31. The highest BCUT2D eigenvalue weighted by Crippen LogP contribution is 2.26. The van der Waals surface area contributed by atoms with Crippen LogP contribution in [0.5, 0.6) is 0 Å². The predicted octanol–water partition coefficient (Wildman–Crippen LogP) is 3.78. The van der Waals surface area contributed by atoms with Crippen LogP contribution in [0.25, 0.3) is 11.2 Å².